The van der Waals surface area contributed by atoms with Gasteiger partial charge >= 0.3 is 6.09 Å². The number of nitrogens with zero attached hydrogens (tertiary/aromatic N) is 4. The average molecular weight is 498 g/mol. The molecule has 0 saturated carbocycles. The lowest BCUT2D eigenvalue weighted by atomic mass is 10.1. The third-order valence-electron chi connectivity index (χ3n) is 6.17. The number of aromatic nitrogens is 3. The number of ether oxygens (including phenoxy) is 2. The van der Waals surface area contributed by atoms with E-state index in [0.29, 0.717) is 31.1 Å². The molecule has 5 rings (SSSR count). The first-order valence-electron chi connectivity index (χ1n) is 12.0. The van der Waals surface area contributed by atoms with Crippen molar-refractivity contribution < 1.29 is 19.1 Å². The maximum Gasteiger partial charge on any atom is 0.410 e. The molecule has 0 aliphatic carbocycles. The van der Waals surface area contributed by atoms with E-state index in [0.717, 1.165) is 16.8 Å². The Morgan fingerprint density at radius 3 is 2.49 bits per heavy atom. The second-order valence-electron chi connectivity index (χ2n) is 8.70. The van der Waals surface area contributed by atoms with Crippen molar-refractivity contribution in [1.29, 1.82) is 0 Å². The lowest BCUT2D eigenvalue weighted by Gasteiger charge is -2.16. The lowest BCUT2D eigenvalue weighted by molar-refractivity contribution is 0.0917. The number of benzene rings is 2. The molecule has 37 heavy (non-hydrogen) atoms. The topological polar surface area (TPSA) is 98.6 Å². The van der Waals surface area contributed by atoms with Crippen molar-refractivity contribution in [3.8, 4) is 22.8 Å². The zero-order chi connectivity index (χ0) is 25.6. The van der Waals surface area contributed by atoms with E-state index in [2.05, 4.69) is 15.4 Å². The normalized spacial score (nSPS) is 14.8. The molecular formula is C28H27N5O4. The van der Waals surface area contributed by atoms with Gasteiger partial charge in [-0.05, 0) is 24.1 Å². The number of pyridine rings is 1. The van der Waals surface area contributed by atoms with E-state index in [1.54, 1.807) is 35.0 Å². The Balaban J connectivity index is 1.27. The van der Waals surface area contributed by atoms with Gasteiger partial charge in [0.15, 0.2) is 5.69 Å². The predicted molar refractivity (Wildman–Crippen MR) is 137 cm³/mol. The van der Waals surface area contributed by atoms with Crippen LogP contribution in [0.3, 0.4) is 0 Å². The minimum atomic E-state index is -0.386. The zero-order valence-corrected chi connectivity index (χ0v) is 20.4. The molecule has 1 saturated heterocycles. The first-order chi connectivity index (χ1) is 18.1. The quantitative estimate of drug-likeness (QED) is 0.413. The number of carbonyl (C=O) groups is 2. The van der Waals surface area contributed by atoms with E-state index >= 15 is 0 Å². The summed E-state index contributed by atoms with van der Waals surface area (Å²) in [4.78, 5) is 31.5. The van der Waals surface area contributed by atoms with E-state index in [9.17, 15) is 9.59 Å². The van der Waals surface area contributed by atoms with Crippen LogP contribution in [0.4, 0.5) is 4.79 Å². The van der Waals surface area contributed by atoms with Gasteiger partial charge in [-0.25, -0.2) is 14.5 Å². The Bertz CT molecular complexity index is 1360. The van der Waals surface area contributed by atoms with Crippen LogP contribution < -0.4 is 10.1 Å². The fourth-order valence-corrected chi connectivity index (χ4v) is 4.24. The van der Waals surface area contributed by atoms with E-state index in [1.165, 1.54) is 0 Å². The lowest BCUT2D eigenvalue weighted by Crippen LogP contribution is -2.38. The molecule has 1 aliphatic rings. The van der Waals surface area contributed by atoms with Gasteiger partial charge in [0, 0.05) is 30.8 Å². The van der Waals surface area contributed by atoms with Crippen molar-refractivity contribution in [3.63, 3.8) is 0 Å². The fourth-order valence-electron chi connectivity index (χ4n) is 4.24. The molecule has 188 valence electrons. The van der Waals surface area contributed by atoms with Gasteiger partial charge < -0.3 is 19.7 Å². The van der Waals surface area contributed by atoms with Crippen molar-refractivity contribution >= 4 is 12.0 Å². The zero-order valence-electron chi connectivity index (χ0n) is 20.4. The van der Waals surface area contributed by atoms with Gasteiger partial charge in [0.2, 0.25) is 5.88 Å². The molecule has 1 fully saturated rings. The molecule has 0 radical (unpaired) electrons. The molecule has 2 aromatic carbocycles. The van der Waals surface area contributed by atoms with Gasteiger partial charge in [-0.15, -0.1) is 0 Å². The molecule has 1 aliphatic heterocycles. The largest absolute Gasteiger partial charge is 0.481 e. The van der Waals surface area contributed by atoms with Gasteiger partial charge in [0.1, 0.15) is 6.61 Å². The van der Waals surface area contributed by atoms with Crippen LogP contribution in [0.2, 0.25) is 0 Å². The van der Waals surface area contributed by atoms with Crippen molar-refractivity contribution in [2.24, 2.45) is 0 Å². The highest BCUT2D eigenvalue weighted by molar-refractivity contribution is 5.94. The van der Waals surface area contributed by atoms with Crippen LogP contribution in [-0.4, -0.2) is 57.9 Å². The van der Waals surface area contributed by atoms with E-state index in [4.69, 9.17) is 9.47 Å². The van der Waals surface area contributed by atoms with Gasteiger partial charge in [0.05, 0.1) is 24.7 Å². The Morgan fingerprint density at radius 1 is 1.03 bits per heavy atom. The molecule has 0 spiro atoms. The molecule has 2 aromatic heterocycles. The highest BCUT2D eigenvalue weighted by Gasteiger charge is 2.29. The highest BCUT2D eigenvalue weighted by atomic mass is 16.6. The van der Waals surface area contributed by atoms with Crippen molar-refractivity contribution in [3.05, 3.63) is 96.3 Å². The smallest absolute Gasteiger partial charge is 0.410 e. The third kappa shape index (κ3) is 5.61. The van der Waals surface area contributed by atoms with Crippen molar-refractivity contribution in [1.82, 2.24) is 25.0 Å². The van der Waals surface area contributed by atoms with Crippen LogP contribution in [0.1, 0.15) is 22.5 Å². The third-order valence-corrected chi connectivity index (χ3v) is 6.17. The number of likely N-dealkylation sites (tertiary alicyclic amines) is 1. The van der Waals surface area contributed by atoms with E-state index < -0.39 is 0 Å². The number of carbonyl (C=O) groups excluding carboxylic acids is 2. The van der Waals surface area contributed by atoms with E-state index in [1.807, 2.05) is 66.7 Å². The van der Waals surface area contributed by atoms with Crippen molar-refractivity contribution in [2.75, 3.05) is 20.2 Å². The second kappa shape index (κ2) is 10.9. The van der Waals surface area contributed by atoms with E-state index in [-0.39, 0.29) is 30.3 Å². The summed E-state index contributed by atoms with van der Waals surface area (Å²) in [6, 6.07) is 24.4. The molecule has 0 bridgehead atoms. The van der Waals surface area contributed by atoms with Crippen molar-refractivity contribution in [2.45, 2.75) is 19.1 Å². The second-order valence-corrected chi connectivity index (χ2v) is 8.70. The van der Waals surface area contributed by atoms with Crippen LogP contribution in [0.15, 0.2) is 85.1 Å². The molecule has 9 heteroatoms. The van der Waals surface area contributed by atoms with Crippen LogP contribution in [0, 0.1) is 0 Å². The van der Waals surface area contributed by atoms with Crippen LogP contribution >= 0.6 is 0 Å². The maximum atomic E-state index is 13.2. The standard InChI is InChI=1S/C28H27N5O4/c1-36-26-13-12-23(17-29-26)33-25(21-10-6-3-7-11-21)16-24(31-33)27(34)30-22-14-15-32(18-22)28(35)37-19-20-8-4-2-5-9-20/h2-13,16-17,22H,14-15,18-19H2,1H3,(H,30,34). The van der Waals surface area contributed by atoms with Crippen LogP contribution in [0.5, 0.6) is 5.88 Å². The van der Waals surface area contributed by atoms with Gasteiger partial charge in [-0.2, -0.15) is 5.10 Å². The number of hydrogen-bond acceptors (Lipinski definition) is 6. The Kier molecular flexibility index (Phi) is 7.12. The number of nitrogens with one attached hydrogen (secondary N) is 1. The monoisotopic (exact) mass is 497 g/mol. The highest BCUT2D eigenvalue weighted by Crippen LogP contribution is 2.25. The molecule has 3 heterocycles. The fraction of sp³-hybridized carbons (Fsp3) is 0.214. The summed E-state index contributed by atoms with van der Waals surface area (Å²) in [6.45, 7) is 1.11. The first kappa shape index (κ1) is 24.1. The summed E-state index contributed by atoms with van der Waals surface area (Å²) in [6.07, 6.45) is 1.90. The van der Waals surface area contributed by atoms with Gasteiger partial charge in [-0.3, -0.25) is 4.79 Å². The number of amides is 2. The average Bonchev–Trinajstić information content (AvgIpc) is 3.61. The minimum Gasteiger partial charge on any atom is -0.481 e. The number of rotatable bonds is 7. The Hall–Kier alpha value is -4.66. The van der Waals surface area contributed by atoms with Crippen LogP contribution in [-0.2, 0) is 11.3 Å². The summed E-state index contributed by atoms with van der Waals surface area (Å²) in [5.74, 6) is 0.185. The minimum absolute atomic E-state index is 0.190. The number of hydrogen-bond donors (Lipinski definition) is 1. The maximum absolute atomic E-state index is 13.2. The molecule has 1 unspecified atom stereocenters. The molecular weight excluding hydrogens is 470 g/mol. The summed E-state index contributed by atoms with van der Waals surface area (Å²) >= 11 is 0. The summed E-state index contributed by atoms with van der Waals surface area (Å²) < 4.78 is 12.3. The molecule has 2 amide bonds. The first-order valence-corrected chi connectivity index (χ1v) is 12.0. The predicted octanol–water partition coefficient (Wildman–Crippen LogP) is 4.08. The molecule has 9 nitrogen and oxygen atoms in total. The Morgan fingerprint density at radius 2 is 1.78 bits per heavy atom. The summed E-state index contributed by atoms with van der Waals surface area (Å²) in [5, 5.41) is 7.61. The molecule has 1 atom stereocenters. The summed E-state index contributed by atoms with van der Waals surface area (Å²) in [5.41, 5.74) is 3.58. The van der Waals surface area contributed by atoms with Crippen LogP contribution in [0.25, 0.3) is 16.9 Å². The Labute approximate surface area is 214 Å². The molecule has 1 N–H and O–H groups in total. The summed E-state index contributed by atoms with van der Waals surface area (Å²) in [7, 11) is 1.56. The van der Waals surface area contributed by atoms with Gasteiger partial charge in [-0.1, -0.05) is 60.7 Å². The molecule has 4 aromatic rings. The van der Waals surface area contributed by atoms with Gasteiger partial charge in [0.25, 0.3) is 5.91 Å². The number of methoxy groups -OCH3 is 1. The SMILES string of the molecule is COc1ccc(-n2nc(C(=O)NC3CCN(C(=O)OCc4ccccc4)C3)cc2-c2ccccc2)cn1.